The van der Waals surface area contributed by atoms with E-state index in [9.17, 15) is 0 Å². The summed E-state index contributed by atoms with van der Waals surface area (Å²) in [4.78, 5) is 0. The van der Waals surface area contributed by atoms with Crippen LogP contribution in [0.4, 0.5) is 0 Å². The molecule has 0 fully saturated rings. The SMILES string of the molecule is CC(N)C(Oc1ccccc1CCO)C(C)(C)C. The van der Waals surface area contributed by atoms with Gasteiger partial charge in [0.25, 0.3) is 0 Å². The van der Waals surface area contributed by atoms with E-state index in [4.69, 9.17) is 15.6 Å². The van der Waals surface area contributed by atoms with Gasteiger partial charge in [-0.25, -0.2) is 0 Å². The predicted octanol–water partition coefficient (Wildman–Crippen LogP) is 2.36. The summed E-state index contributed by atoms with van der Waals surface area (Å²) < 4.78 is 6.09. The maximum absolute atomic E-state index is 9.07. The van der Waals surface area contributed by atoms with Crippen molar-refractivity contribution < 1.29 is 9.84 Å². The molecule has 1 rings (SSSR count). The molecule has 1 aromatic carbocycles. The van der Waals surface area contributed by atoms with Crippen LogP contribution in [-0.4, -0.2) is 23.9 Å². The van der Waals surface area contributed by atoms with E-state index in [2.05, 4.69) is 20.8 Å². The van der Waals surface area contributed by atoms with Gasteiger partial charge >= 0.3 is 0 Å². The molecule has 2 unspecified atom stereocenters. The van der Waals surface area contributed by atoms with Crippen LogP contribution in [0.2, 0.25) is 0 Å². The highest BCUT2D eigenvalue weighted by molar-refractivity contribution is 5.33. The van der Waals surface area contributed by atoms with Gasteiger partial charge in [0.05, 0.1) is 0 Å². The first-order chi connectivity index (χ1) is 8.36. The first kappa shape index (κ1) is 15.0. The Kier molecular flexibility index (Phi) is 5.17. The van der Waals surface area contributed by atoms with E-state index >= 15 is 0 Å². The number of nitrogens with two attached hydrogens (primary N) is 1. The average Bonchev–Trinajstić information content (AvgIpc) is 2.26. The quantitative estimate of drug-likeness (QED) is 0.844. The molecule has 1 aromatic rings. The highest BCUT2D eigenvalue weighted by Gasteiger charge is 2.30. The first-order valence-electron chi connectivity index (χ1n) is 6.47. The van der Waals surface area contributed by atoms with Gasteiger partial charge in [-0.1, -0.05) is 39.0 Å². The molecular formula is C15H25NO2. The maximum atomic E-state index is 9.07. The van der Waals surface area contributed by atoms with Gasteiger partial charge in [0.15, 0.2) is 0 Å². The van der Waals surface area contributed by atoms with Crippen LogP contribution in [0.5, 0.6) is 5.75 Å². The van der Waals surface area contributed by atoms with Gasteiger partial charge in [-0.05, 0) is 25.0 Å². The van der Waals surface area contributed by atoms with E-state index in [0.29, 0.717) is 6.42 Å². The van der Waals surface area contributed by atoms with Gasteiger partial charge in [0.2, 0.25) is 0 Å². The molecule has 0 saturated heterocycles. The van der Waals surface area contributed by atoms with Crippen LogP contribution in [0.3, 0.4) is 0 Å². The van der Waals surface area contributed by atoms with Crippen LogP contribution in [0.25, 0.3) is 0 Å². The molecular weight excluding hydrogens is 226 g/mol. The molecule has 3 N–H and O–H groups in total. The number of hydrogen-bond donors (Lipinski definition) is 2. The Hall–Kier alpha value is -1.06. The molecule has 0 radical (unpaired) electrons. The summed E-state index contributed by atoms with van der Waals surface area (Å²) in [5.74, 6) is 0.823. The normalized spacial score (nSPS) is 15.2. The van der Waals surface area contributed by atoms with Crippen LogP contribution in [-0.2, 0) is 6.42 Å². The molecule has 0 saturated carbocycles. The summed E-state index contributed by atoms with van der Waals surface area (Å²) in [5, 5.41) is 9.07. The van der Waals surface area contributed by atoms with Crippen molar-refractivity contribution in [2.24, 2.45) is 11.1 Å². The van der Waals surface area contributed by atoms with Crippen molar-refractivity contribution in [1.82, 2.24) is 0 Å². The zero-order valence-corrected chi connectivity index (χ0v) is 11.8. The lowest BCUT2D eigenvalue weighted by molar-refractivity contribution is 0.0673. The number of aliphatic hydroxyl groups is 1. The van der Waals surface area contributed by atoms with Crippen LogP contribution in [0.15, 0.2) is 24.3 Å². The second-order valence-electron chi connectivity index (χ2n) is 5.84. The lowest BCUT2D eigenvalue weighted by Crippen LogP contribution is -2.45. The molecule has 18 heavy (non-hydrogen) atoms. The first-order valence-corrected chi connectivity index (χ1v) is 6.47. The van der Waals surface area contributed by atoms with Crippen LogP contribution < -0.4 is 10.5 Å². The molecule has 0 aromatic heterocycles. The molecule has 0 aliphatic heterocycles. The summed E-state index contributed by atoms with van der Waals surface area (Å²) >= 11 is 0. The molecule has 0 aliphatic rings. The van der Waals surface area contributed by atoms with Crippen molar-refractivity contribution in [1.29, 1.82) is 0 Å². The number of para-hydroxylation sites is 1. The Balaban J connectivity index is 2.94. The topological polar surface area (TPSA) is 55.5 Å². The minimum atomic E-state index is -0.0580. The van der Waals surface area contributed by atoms with Crippen molar-refractivity contribution in [3.05, 3.63) is 29.8 Å². The molecule has 102 valence electrons. The van der Waals surface area contributed by atoms with E-state index < -0.39 is 0 Å². The lowest BCUT2D eigenvalue weighted by atomic mass is 9.85. The van der Waals surface area contributed by atoms with Crippen LogP contribution >= 0.6 is 0 Å². The molecule has 0 spiro atoms. The number of ether oxygens (including phenoxy) is 1. The molecule has 3 nitrogen and oxygen atoms in total. The molecule has 0 heterocycles. The van der Waals surface area contributed by atoms with E-state index in [-0.39, 0.29) is 24.2 Å². The zero-order valence-electron chi connectivity index (χ0n) is 11.8. The monoisotopic (exact) mass is 251 g/mol. The molecule has 3 heteroatoms. The standard InChI is InChI=1S/C15H25NO2/c1-11(16)14(15(2,3)4)18-13-8-6-5-7-12(13)9-10-17/h5-8,11,14,17H,9-10,16H2,1-4H3. The number of aliphatic hydroxyl groups excluding tert-OH is 1. The lowest BCUT2D eigenvalue weighted by Gasteiger charge is -2.34. The Labute approximate surface area is 110 Å². The van der Waals surface area contributed by atoms with Crippen molar-refractivity contribution in [3.8, 4) is 5.75 Å². The van der Waals surface area contributed by atoms with E-state index in [1.54, 1.807) is 0 Å². The summed E-state index contributed by atoms with van der Waals surface area (Å²) in [6, 6.07) is 7.76. The van der Waals surface area contributed by atoms with Crippen molar-refractivity contribution >= 4 is 0 Å². The number of hydrogen-bond acceptors (Lipinski definition) is 3. The summed E-state index contributed by atoms with van der Waals surface area (Å²) in [7, 11) is 0. The Morgan fingerprint density at radius 2 is 1.89 bits per heavy atom. The minimum Gasteiger partial charge on any atom is -0.488 e. The van der Waals surface area contributed by atoms with Gasteiger partial charge in [-0.2, -0.15) is 0 Å². The van der Waals surface area contributed by atoms with Crippen molar-refractivity contribution in [2.45, 2.75) is 46.3 Å². The third-order valence-corrected chi connectivity index (χ3v) is 2.94. The van der Waals surface area contributed by atoms with Gasteiger partial charge in [0.1, 0.15) is 11.9 Å². The third kappa shape index (κ3) is 4.00. The summed E-state index contributed by atoms with van der Waals surface area (Å²) in [5.41, 5.74) is 7.02. The number of benzene rings is 1. The van der Waals surface area contributed by atoms with Gasteiger partial charge in [-0.3, -0.25) is 0 Å². The van der Waals surface area contributed by atoms with Gasteiger partial charge < -0.3 is 15.6 Å². The Bertz CT molecular complexity index is 369. The highest BCUT2D eigenvalue weighted by atomic mass is 16.5. The van der Waals surface area contributed by atoms with E-state index in [1.807, 2.05) is 31.2 Å². The Morgan fingerprint density at radius 1 is 1.28 bits per heavy atom. The molecule has 2 atom stereocenters. The molecule has 0 bridgehead atoms. The Morgan fingerprint density at radius 3 is 2.39 bits per heavy atom. The van der Waals surface area contributed by atoms with Crippen LogP contribution in [0.1, 0.15) is 33.3 Å². The van der Waals surface area contributed by atoms with Crippen LogP contribution in [0, 0.1) is 5.41 Å². The van der Waals surface area contributed by atoms with E-state index in [1.165, 1.54) is 0 Å². The van der Waals surface area contributed by atoms with Crippen molar-refractivity contribution in [2.75, 3.05) is 6.61 Å². The average molecular weight is 251 g/mol. The van der Waals surface area contributed by atoms with Crippen molar-refractivity contribution in [3.63, 3.8) is 0 Å². The third-order valence-electron chi connectivity index (χ3n) is 2.94. The second kappa shape index (κ2) is 6.21. The zero-order chi connectivity index (χ0) is 13.8. The van der Waals surface area contributed by atoms with Gasteiger partial charge in [0, 0.05) is 18.1 Å². The highest BCUT2D eigenvalue weighted by Crippen LogP contribution is 2.28. The summed E-state index contributed by atoms with van der Waals surface area (Å²) in [6.45, 7) is 8.45. The molecule has 0 amide bonds. The largest absolute Gasteiger partial charge is 0.488 e. The minimum absolute atomic E-state index is 0.0273. The molecule has 0 aliphatic carbocycles. The number of rotatable bonds is 5. The fourth-order valence-corrected chi connectivity index (χ4v) is 2.16. The van der Waals surface area contributed by atoms with E-state index in [0.717, 1.165) is 11.3 Å². The second-order valence-corrected chi connectivity index (χ2v) is 5.84. The maximum Gasteiger partial charge on any atom is 0.123 e. The fraction of sp³-hybridized carbons (Fsp3) is 0.600. The fourth-order valence-electron chi connectivity index (χ4n) is 2.16. The summed E-state index contributed by atoms with van der Waals surface area (Å²) in [6.07, 6.45) is 0.545. The predicted molar refractivity (Wildman–Crippen MR) is 74.8 cm³/mol. The smallest absolute Gasteiger partial charge is 0.123 e. The van der Waals surface area contributed by atoms with Gasteiger partial charge in [-0.15, -0.1) is 0 Å².